The van der Waals surface area contributed by atoms with Crippen LogP contribution in [0.15, 0.2) is 84.9 Å². The molecule has 4 aromatic carbocycles. The van der Waals surface area contributed by atoms with Gasteiger partial charge in [-0.2, -0.15) is 0 Å². The molecule has 5 rings (SSSR count). The Kier molecular flexibility index (Phi) is 7.84. The van der Waals surface area contributed by atoms with Gasteiger partial charge < -0.3 is 20.1 Å². The lowest BCUT2D eigenvalue weighted by Gasteiger charge is -2.19. The Morgan fingerprint density at radius 1 is 0.975 bits per heavy atom. The van der Waals surface area contributed by atoms with Crippen LogP contribution in [0.1, 0.15) is 52.1 Å². The van der Waals surface area contributed by atoms with E-state index in [2.05, 4.69) is 17.2 Å². The SMILES string of the molecule is CCCC(NC(=O)c1ccc(-c2ccc(Cl)cc2-c2nc3cc(OC)ccc3[nH]2)c(C(=O)O)c1)c1ccccc1. The van der Waals surface area contributed by atoms with Crippen LogP contribution in [0.2, 0.25) is 5.02 Å². The molecule has 0 spiro atoms. The fraction of sp³-hybridized carbons (Fsp3) is 0.156. The molecule has 5 aromatic rings. The number of hydrogen-bond donors (Lipinski definition) is 3. The maximum Gasteiger partial charge on any atom is 0.336 e. The first-order valence-corrected chi connectivity index (χ1v) is 13.3. The van der Waals surface area contributed by atoms with Gasteiger partial charge in [-0.3, -0.25) is 4.79 Å². The van der Waals surface area contributed by atoms with E-state index >= 15 is 0 Å². The number of imidazole rings is 1. The standard InChI is InChI=1S/C32H28ClN3O4/c1-3-7-27(19-8-5-4-6-9-19)36-31(37)20-10-13-24(26(16-20)32(38)39)23-14-11-21(33)17-25(23)30-34-28-15-12-22(40-2)18-29(28)35-30/h4-6,8-18,27H,3,7H2,1-2H3,(H,34,35)(H,36,37)(H,38,39). The second-order valence-electron chi connectivity index (χ2n) is 9.45. The molecule has 0 saturated carbocycles. The van der Waals surface area contributed by atoms with Crippen LogP contribution in [0.5, 0.6) is 5.75 Å². The molecule has 0 aliphatic rings. The number of carboxylic acid groups (broad SMARTS) is 1. The summed E-state index contributed by atoms with van der Waals surface area (Å²) in [5, 5.41) is 13.7. The Labute approximate surface area is 236 Å². The average molecular weight is 554 g/mol. The Balaban J connectivity index is 1.54. The molecule has 1 heterocycles. The second kappa shape index (κ2) is 11.6. The lowest BCUT2D eigenvalue weighted by Crippen LogP contribution is -2.28. The quantitative estimate of drug-likeness (QED) is 0.175. The van der Waals surface area contributed by atoms with Crippen molar-refractivity contribution in [2.75, 3.05) is 7.11 Å². The molecule has 1 aromatic heterocycles. The van der Waals surface area contributed by atoms with E-state index in [4.69, 9.17) is 21.3 Å². The number of nitrogens with one attached hydrogen (secondary N) is 2. The number of fused-ring (bicyclic) bond motifs is 1. The third-order valence-electron chi connectivity index (χ3n) is 6.81. The summed E-state index contributed by atoms with van der Waals surface area (Å²) in [5.74, 6) is -0.275. The van der Waals surface area contributed by atoms with Gasteiger partial charge in [0.2, 0.25) is 0 Å². The highest BCUT2D eigenvalue weighted by molar-refractivity contribution is 6.31. The first-order valence-electron chi connectivity index (χ1n) is 12.9. The summed E-state index contributed by atoms with van der Waals surface area (Å²) in [5.41, 5.74) is 4.47. The summed E-state index contributed by atoms with van der Waals surface area (Å²) in [7, 11) is 1.59. The van der Waals surface area contributed by atoms with Gasteiger partial charge in [0.1, 0.15) is 11.6 Å². The smallest absolute Gasteiger partial charge is 0.336 e. The number of methoxy groups -OCH3 is 1. The topological polar surface area (TPSA) is 104 Å². The molecular weight excluding hydrogens is 526 g/mol. The number of nitrogens with zero attached hydrogens (tertiary/aromatic N) is 1. The van der Waals surface area contributed by atoms with Crippen molar-refractivity contribution in [2.24, 2.45) is 0 Å². The second-order valence-corrected chi connectivity index (χ2v) is 9.89. The van der Waals surface area contributed by atoms with E-state index in [1.807, 2.05) is 48.5 Å². The summed E-state index contributed by atoms with van der Waals surface area (Å²) < 4.78 is 5.31. The molecule has 202 valence electrons. The van der Waals surface area contributed by atoms with Crippen LogP contribution in [-0.2, 0) is 0 Å². The number of aromatic nitrogens is 2. The molecule has 1 atom stereocenters. The molecule has 0 fully saturated rings. The summed E-state index contributed by atoms with van der Waals surface area (Å²) in [6, 6.07) is 25.0. The number of carboxylic acids is 1. The van der Waals surface area contributed by atoms with Crippen LogP contribution in [0, 0.1) is 0 Å². The van der Waals surface area contributed by atoms with Gasteiger partial charge >= 0.3 is 5.97 Å². The molecule has 0 radical (unpaired) electrons. The number of carbonyl (C=O) groups is 2. The third-order valence-corrected chi connectivity index (χ3v) is 7.05. The maximum absolute atomic E-state index is 13.3. The highest BCUT2D eigenvalue weighted by Crippen LogP contribution is 2.36. The van der Waals surface area contributed by atoms with Gasteiger partial charge in [-0.25, -0.2) is 9.78 Å². The number of amides is 1. The van der Waals surface area contributed by atoms with Gasteiger partial charge in [-0.1, -0.05) is 67.4 Å². The zero-order valence-electron chi connectivity index (χ0n) is 22.1. The van der Waals surface area contributed by atoms with Gasteiger partial charge in [0.25, 0.3) is 5.91 Å². The van der Waals surface area contributed by atoms with Crippen LogP contribution < -0.4 is 10.1 Å². The Bertz CT molecular complexity index is 1700. The Hall–Kier alpha value is -4.62. The third kappa shape index (κ3) is 5.55. The molecule has 0 bridgehead atoms. The number of hydrogen-bond acceptors (Lipinski definition) is 4. The van der Waals surface area contributed by atoms with Crippen molar-refractivity contribution in [3.63, 3.8) is 0 Å². The van der Waals surface area contributed by atoms with E-state index in [0.717, 1.165) is 23.9 Å². The van der Waals surface area contributed by atoms with Gasteiger partial charge in [-0.05, 0) is 59.5 Å². The summed E-state index contributed by atoms with van der Waals surface area (Å²) in [6.45, 7) is 2.06. The highest BCUT2D eigenvalue weighted by atomic mass is 35.5. The zero-order chi connectivity index (χ0) is 28.2. The van der Waals surface area contributed by atoms with Gasteiger partial charge in [0.05, 0.1) is 29.7 Å². The molecule has 3 N–H and O–H groups in total. The van der Waals surface area contributed by atoms with E-state index in [9.17, 15) is 14.7 Å². The molecule has 0 aliphatic carbocycles. The van der Waals surface area contributed by atoms with Crippen LogP contribution in [0.3, 0.4) is 0 Å². The van der Waals surface area contributed by atoms with E-state index < -0.39 is 5.97 Å². The minimum atomic E-state index is -1.15. The molecule has 1 unspecified atom stereocenters. The predicted molar refractivity (Wildman–Crippen MR) is 157 cm³/mol. The number of ether oxygens (including phenoxy) is 1. The van der Waals surface area contributed by atoms with E-state index in [-0.39, 0.29) is 23.1 Å². The van der Waals surface area contributed by atoms with Crippen molar-refractivity contribution in [1.29, 1.82) is 0 Å². The van der Waals surface area contributed by atoms with Gasteiger partial charge in [0, 0.05) is 22.2 Å². The van der Waals surface area contributed by atoms with Crippen LogP contribution in [-0.4, -0.2) is 34.1 Å². The Morgan fingerprint density at radius 3 is 2.48 bits per heavy atom. The number of benzene rings is 4. The van der Waals surface area contributed by atoms with E-state index in [1.165, 1.54) is 6.07 Å². The lowest BCUT2D eigenvalue weighted by atomic mass is 9.93. The van der Waals surface area contributed by atoms with Crippen molar-refractivity contribution in [1.82, 2.24) is 15.3 Å². The van der Waals surface area contributed by atoms with Crippen LogP contribution in [0.25, 0.3) is 33.5 Å². The van der Waals surface area contributed by atoms with Crippen molar-refractivity contribution < 1.29 is 19.4 Å². The molecule has 0 aliphatic heterocycles. The maximum atomic E-state index is 13.3. The lowest BCUT2D eigenvalue weighted by molar-refractivity contribution is 0.0697. The highest BCUT2D eigenvalue weighted by Gasteiger charge is 2.21. The molecule has 8 heteroatoms. The monoisotopic (exact) mass is 553 g/mol. The molecule has 7 nitrogen and oxygen atoms in total. The van der Waals surface area contributed by atoms with Crippen LogP contribution in [0.4, 0.5) is 0 Å². The van der Waals surface area contributed by atoms with Crippen molar-refractivity contribution in [3.8, 4) is 28.3 Å². The molecule has 40 heavy (non-hydrogen) atoms. The van der Waals surface area contributed by atoms with Gasteiger partial charge in [0.15, 0.2) is 0 Å². The largest absolute Gasteiger partial charge is 0.497 e. The zero-order valence-corrected chi connectivity index (χ0v) is 22.8. The first kappa shape index (κ1) is 27.0. The van der Waals surface area contributed by atoms with E-state index in [1.54, 1.807) is 37.4 Å². The minimum Gasteiger partial charge on any atom is -0.497 e. The van der Waals surface area contributed by atoms with Gasteiger partial charge in [-0.15, -0.1) is 0 Å². The fourth-order valence-corrected chi connectivity index (χ4v) is 4.99. The summed E-state index contributed by atoms with van der Waals surface area (Å²) in [6.07, 6.45) is 1.64. The first-order chi connectivity index (χ1) is 19.4. The number of halogens is 1. The van der Waals surface area contributed by atoms with Crippen molar-refractivity contribution in [3.05, 3.63) is 107 Å². The fourth-order valence-electron chi connectivity index (χ4n) is 4.82. The summed E-state index contributed by atoms with van der Waals surface area (Å²) in [4.78, 5) is 33.7. The number of rotatable bonds is 9. The van der Waals surface area contributed by atoms with E-state index in [0.29, 0.717) is 38.8 Å². The number of aromatic carboxylic acids is 1. The predicted octanol–water partition coefficient (Wildman–Crippen LogP) is 7.53. The molecule has 1 amide bonds. The number of H-pyrrole nitrogens is 1. The number of aromatic amines is 1. The molecular formula is C32H28ClN3O4. The molecule has 0 saturated heterocycles. The van der Waals surface area contributed by atoms with Crippen molar-refractivity contribution >= 4 is 34.5 Å². The summed E-state index contributed by atoms with van der Waals surface area (Å²) >= 11 is 6.36. The minimum absolute atomic E-state index is 0.000699. The average Bonchev–Trinajstić information content (AvgIpc) is 3.40. The normalized spacial score (nSPS) is 11.8. The van der Waals surface area contributed by atoms with Crippen molar-refractivity contribution in [2.45, 2.75) is 25.8 Å². The van der Waals surface area contributed by atoms with Crippen LogP contribution >= 0.6 is 11.6 Å². The Morgan fingerprint density at radius 2 is 1.75 bits per heavy atom. The number of carbonyl (C=O) groups excluding carboxylic acids is 1.